The Balaban J connectivity index is 1.64. The number of para-hydroxylation sites is 1. The molecule has 0 fully saturated rings. The lowest BCUT2D eigenvalue weighted by molar-refractivity contribution is -0.385. The monoisotopic (exact) mass is 487 g/mol. The SMILES string of the molecule is COc1ccc([N+](=O)[O-])c(CNc2cc(S(=O)(=O)N3CCCc4ccccc43)ccc2Cl)c1. The van der Waals surface area contributed by atoms with Crippen LogP contribution < -0.4 is 14.4 Å². The number of nitrogens with one attached hydrogen (secondary N) is 1. The van der Waals surface area contributed by atoms with Gasteiger partial charge >= 0.3 is 0 Å². The fourth-order valence-corrected chi connectivity index (χ4v) is 5.63. The second-order valence-corrected chi connectivity index (χ2v) is 9.83. The van der Waals surface area contributed by atoms with Crippen LogP contribution in [0, 0.1) is 10.1 Å². The lowest BCUT2D eigenvalue weighted by Crippen LogP contribution is -2.35. The number of halogens is 1. The summed E-state index contributed by atoms with van der Waals surface area (Å²) < 4.78 is 33.5. The fraction of sp³-hybridized carbons (Fsp3) is 0.217. The van der Waals surface area contributed by atoms with E-state index in [1.165, 1.54) is 41.7 Å². The summed E-state index contributed by atoms with van der Waals surface area (Å²) in [7, 11) is -2.35. The third-order valence-electron chi connectivity index (χ3n) is 5.55. The van der Waals surface area contributed by atoms with Crippen LogP contribution in [0.2, 0.25) is 5.02 Å². The van der Waals surface area contributed by atoms with Crippen LogP contribution in [-0.4, -0.2) is 27.0 Å². The molecule has 0 spiro atoms. The van der Waals surface area contributed by atoms with Crippen molar-refractivity contribution >= 4 is 38.7 Å². The Bertz CT molecular complexity index is 1310. The predicted molar refractivity (Wildman–Crippen MR) is 128 cm³/mol. The van der Waals surface area contributed by atoms with Gasteiger partial charge in [0.15, 0.2) is 0 Å². The molecule has 0 radical (unpaired) electrons. The lowest BCUT2D eigenvalue weighted by Gasteiger charge is -2.30. The molecule has 3 aromatic rings. The van der Waals surface area contributed by atoms with Gasteiger partial charge < -0.3 is 10.1 Å². The summed E-state index contributed by atoms with van der Waals surface area (Å²) >= 11 is 6.31. The number of hydrogen-bond acceptors (Lipinski definition) is 6. The Morgan fingerprint density at radius 3 is 2.70 bits per heavy atom. The van der Waals surface area contributed by atoms with Crippen molar-refractivity contribution in [1.29, 1.82) is 0 Å². The van der Waals surface area contributed by atoms with Crippen molar-refractivity contribution in [2.24, 2.45) is 0 Å². The van der Waals surface area contributed by atoms with Crippen molar-refractivity contribution in [3.63, 3.8) is 0 Å². The zero-order valence-corrected chi connectivity index (χ0v) is 19.4. The van der Waals surface area contributed by atoms with Gasteiger partial charge in [-0.25, -0.2) is 8.42 Å². The molecule has 0 atom stereocenters. The molecule has 0 saturated carbocycles. The molecule has 1 N–H and O–H groups in total. The van der Waals surface area contributed by atoms with Gasteiger partial charge in [0, 0.05) is 19.2 Å². The van der Waals surface area contributed by atoms with Crippen LogP contribution in [-0.2, 0) is 23.0 Å². The van der Waals surface area contributed by atoms with E-state index in [1.807, 2.05) is 24.3 Å². The Hall–Kier alpha value is -3.30. The quantitative estimate of drug-likeness (QED) is 0.371. The number of rotatable bonds is 7. The standard InChI is InChI=1S/C23H22ClN3O5S/c1-32-18-8-11-23(27(28)29)17(13-18)15-25-21-14-19(9-10-20(21)24)33(30,31)26-12-4-6-16-5-2-3-7-22(16)26/h2-3,5,7-11,13-14,25H,4,6,12,15H2,1H3. The van der Waals surface area contributed by atoms with Crippen molar-refractivity contribution in [3.8, 4) is 5.75 Å². The summed E-state index contributed by atoms with van der Waals surface area (Å²) in [6.45, 7) is 0.448. The van der Waals surface area contributed by atoms with Crippen molar-refractivity contribution in [2.45, 2.75) is 24.3 Å². The fourth-order valence-electron chi connectivity index (χ4n) is 3.88. The molecule has 8 nitrogen and oxygen atoms in total. The molecule has 0 bridgehead atoms. The van der Waals surface area contributed by atoms with Crippen LogP contribution in [0.3, 0.4) is 0 Å². The Morgan fingerprint density at radius 2 is 1.94 bits per heavy atom. The maximum absolute atomic E-state index is 13.5. The number of nitro groups is 1. The number of sulfonamides is 1. The van der Waals surface area contributed by atoms with E-state index in [1.54, 1.807) is 6.07 Å². The van der Waals surface area contributed by atoms with Crippen LogP contribution in [0.5, 0.6) is 5.75 Å². The molecule has 0 aliphatic carbocycles. The highest BCUT2D eigenvalue weighted by molar-refractivity contribution is 7.92. The Morgan fingerprint density at radius 1 is 1.15 bits per heavy atom. The summed E-state index contributed by atoms with van der Waals surface area (Å²) in [5.74, 6) is 0.476. The molecule has 1 aliphatic rings. The number of aryl methyl sites for hydroxylation is 1. The number of anilines is 2. The molecular formula is C23H22ClN3O5S. The van der Waals surface area contributed by atoms with Crippen LogP contribution >= 0.6 is 11.6 Å². The van der Waals surface area contributed by atoms with E-state index in [4.69, 9.17) is 16.3 Å². The highest BCUT2D eigenvalue weighted by atomic mass is 35.5. The number of hydrogen-bond donors (Lipinski definition) is 1. The van der Waals surface area contributed by atoms with Gasteiger partial charge in [0.2, 0.25) is 0 Å². The van der Waals surface area contributed by atoms with Gasteiger partial charge in [0.05, 0.1) is 38.9 Å². The van der Waals surface area contributed by atoms with E-state index in [9.17, 15) is 18.5 Å². The largest absolute Gasteiger partial charge is 0.497 e. The summed E-state index contributed by atoms with van der Waals surface area (Å²) in [5.41, 5.74) is 2.34. The summed E-state index contributed by atoms with van der Waals surface area (Å²) in [4.78, 5) is 11.0. The predicted octanol–water partition coefficient (Wildman–Crippen LogP) is 5.01. The number of nitrogens with zero attached hydrogens (tertiary/aromatic N) is 2. The van der Waals surface area contributed by atoms with Crippen molar-refractivity contribution in [3.05, 3.63) is 86.9 Å². The third-order valence-corrected chi connectivity index (χ3v) is 7.68. The molecule has 0 saturated heterocycles. The first-order valence-corrected chi connectivity index (χ1v) is 12.1. The smallest absolute Gasteiger partial charge is 0.274 e. The van der Waals surface area contributed by atoms with Gasteiger partial charge in [-0.15, -0.1) is 0 Å². The molecule has 3 aromatic carbocycles. The van der Waals surface area contributed by atoms with Gasteiger partial charge in [-0.3, -0.25) is 14.4 Å². The molecule has 33 heavy (non-hydrogen) atoms. The van der Waals surface area contributed by atoms with E-state index in [2.05, 4.69) is 5.32 Å². The Kier molecular flexibility index (Phi) is 6.44. The topological polar surface area (TPSA) is 102 Å². The van der Waals surface area contributed by atoms with Crippen LogP contribution in [0.25, 0.3) is 0 Å². The van der Waals surface area contributed by atoms with E-state index in [0.717, 1.165) is 18.4 Å². The van der Waals surface area contributed by atoms with Gasteiger partial charge in [-0.2, -0.15) is 0 Å². The molecule has 10 heteroatoms. The highest BCUT2D eigenvalue weighted by Crippen LogP contribution is 2.34. The minimum absolute atomic E-state index is 0.0588. The molecule has 1 heterocycles. The summed E-state index contributed by atoms with van der Waals surface area (Å²) in [5, 5.41) is 14.7. The summed E-state index contributed by atoms with van der Waals surface area (Å²) in [6.07, 6.45) is 1.56. The second kappa shape index (κ2) is 9.29. The second-order valence-electron chi connectivity index (χ2n) is 7.56. The zero-order chi connectivity index (χ0) is 23.6. The molecule has 0 unspecified atom stereocenters. The third kappa shape index (κ3) is 4.60. The highest BCUT2D eigenvalue weighted by Gasteiger charge is 2.29. The van der Waals surface area contributed by atoms with Crippen molar-refractivity contribution in [1.82, 2.24) is 0 Å². The molecule has 0 aromatic heterocycles. The minimum atomic E-state index is -3.82. The first-order valence-electron chi connectivity index (χ1n) is 10.3. The van der Waals surface area contributed by atoms with Crippen LogP contribution in [0.15, 0.2) is 65.6 Å². The maximum atomic E-state index is 13.5. The number of fused-ring (bicyclic) bond motifs is 1. The Labute approximate surface area is 197 Å². The minimum Gasteiger partial charge on any atom is -0.497 e. The average molecular weight is 488 g/mol. The van der Waals surface area contributed by atoms with Crippen molar-refractivity contribution in [2.75, 3.05) is 23.3 Å². The number of ether oxygens (including phenoxy) is 1. The lowest BCUT2D eigenvalue weighted by atomic mass is 10.0. The molecule has 172 valence electrons. The van der Waals surface area contributed by atoms with Gasteiger partial charge in [-0.05, 0) is 54.8 Å². The first-order chi connectivity index (χ1) is 15.8. The maximum Gasteiger partial charge on any atom is 0.274 e. The summed E-state index contributed by atoms with van der Waals surface area (Å²) in [6, 6.07) is 16.3. The average Bonchev–Trinajstić information content (AvgIpc) is 2.82. The van der Waals surface area contributed by atoms with E-state index in [-0.39, 0.29) is 17.1 Å². The zero-order valence-electron chi connectivity index (χ0n) is 17.8. The van der Waals surface area contributed by atoms with E-state index in [0.29, 0.717) is 34.3 Å². The molecule has 0 amide bonds. The number of methoxy groups -OCH3 is 1. The number of nitro benzene ring substituents is 1. The van der Waals surface area contributed by atoms with Gasteiger partial charge in [0.25, 0.3) is 15.7 Å². The van der Waals surface area contributed by atoms with Crippen molar-refractivity contribution < 1.29 is 18.1 Å². The van der Waals surface area contributed by atoms with Crippen LogP contribution in [0.4, 0.5) is 17.1 Å². The molecular weight excluding hydrogens is 466 g/mol. The van der Waals surface area contributed by atoms with Crippen LogP contribution in [0.1, 0.15) is 17.5 Å². The first kappa shape index (κ1) is 22.9. The van der Waals surface area contributed by atoms with E-state index < -0.39 is 14.9 Å². The van der Waals surface area contributed by atoms with E-state index >= 15 is 0 Å². The van der Waals surface area contributed by atoms with Gasteiger partial charge in [-0.1, -0.05) is 29.8 Å². The normalized spacial score (nSPS) is 13.3. The van der Waals surface area contributed by atoms with Gasteiger partial charge in [0.1, 0.15) is 5.75 Å². The molecule has 1 aliphatic heterocycles. The number of benzene rings is 3. The molecule has 4 rings (SSSR count).